The Bertz CT molecular complexity index is 930. The van der Waals surface area contributed by atoms with Gasteiger partial charge in [-0.3, -0.25) is 4.98 Å². The van der Waals surface area contributed by atoms with E-state index in [0.29, 0.717) is 0 Å². The highest BCUT2D eigenvalue weighted by Gasteiger charge is 2.09. The van der Waals surface area contributed by atoms with E-state index in [1.807, 2.05) is 12.3 Å². The highest BCUT2D eigenvalue weighted by atomic mass is 15.0. The lowest BCUT2D eigenvalue weighted by atomic mass is 10.0. The van der Waals surface area contributed by atoms with Crippen LogP contribution >= 0.6 is 0 Å². The predicted octanol–water partition coefficient (Wildman–Crippen LogP) is 5.80. The van der Waals surface area contributed by atoms with E-state index < -0.39 is 0 Å². The first-order chi connectivity index (χ1) is 13.4. The van der Waals surface area contributed by atoms with Crippen molar-refractivity contribution in [1.82, 2.24) is 9.97 Å². The van der Waals surface area contributed by atoms with Crippen LogP contribution in [-0.4, -0.2) is 16.5 Å². The van der Waals surface area contributed by atoms with Crippen molar-refractivity contribution in [1.29, 1.82) is 0 Å². The third-order valence-corrected chi connectivity index (χ3v) is 5.18. The lowest BCUT2D eigenvalue weighted by Gasteiger charge is -2.17. The average Bonchev–Trinajstić information content (AvgIpc) is 2.73. The van der Waals surface area contributed by atoms with Crippen molar-refractivity contribution in [3.63, 3.8) is 0 Å². The van der Waals surface area contributed by atoms with E-state index in [0.717, 1.165) is 37.1 Å². The number of pyridine rings is 2. The van der Waals surface area contributed by atoms with Crippen LogP contribution in [0.2, 0.25) is 0 Å². The van der Waals surface area contributed by atoms with E-state index in [-0.39, 0.29) is 0 Å². The largest absolute Gasteiger partial charge is 0.370 e. The summed E-state index contributed by atoms with van der Waals surface area (Å²) in [4.78, 5) is 9.29. The number of aromatic nitrogens is 2. The molecule has 2 aromatic heterocycles. The molecule has 138 valence electrons. The van der Waals surface area contributed by atoms with Crippen LogP contribution in [0.5, 0.6) is 0 Å². The number of rotatable bonds is 7. The molecule has 3 nitrogen and oxygen atoms in total. The molecule has 1 aromatic carbocycles. The fourth-order valence-electron chi connectivity index (χ4n) is 3.65. The van der Waals surface area contributed by atoms with Gasteiger partial charge in [0, 0.05) is 23.8 Å². The highest BCUT2D eigenvalue weighted by molar-refractivity contribution is 5.80. The summed E-state index contributed by atoms with van der Waals surface area (Å²) in [5, 5.41) is 4.62. The molecule has 0 radical (unpaired) electrons. The van der Waals surface area contributed by atoms with E-state index in [9.17, 15) is 0 Å². The number of aryl methyl sites for hydroxylation is 2. The van der Waals surface area contributed by atoms with E-state index in [1.165, 1.54) is 47.9 Å². The van der Waals surface area contributed by atoms with Crippen LogP contribution in [0, 0.1) is 0 Å². The summed E-state index contributed by atoms with van der Waals surface area (Å²) in [6.07, 6.45) is 14.7. The molecule has 0 aliphatic carbocycles. The summed E-state index contributed by atoms with van der Waals surface area (Å²) in [6, 6.07) is 14.9. The van der Waals surface area contributed by atoms with Crippen molar-refractivity contribution < 1.29 is 0 Å². The van der Waals surface area contributed by atoms with Gasteiger partial charge >= 0.3 is 0 Å². The first kappa shape index (κ1) is 17.7. The second kappa shape index (κ2) is 8.81. The molecule has 3 aromatic rings. The number of fused-ring (bicyclic) bond motifs is 2. The number of allylic oxidation sites excluding steroid dienone is 1. The Balaban J connectivity index is 1.19. The first-order valence-corrected chi connectivity index (χ1v) is 10.1. The molecule has 0 bridgehead atoms. The van der Waals surface area contributed by atoms with E-state index >= 15 is 0 Å². The molecule has 3 heterocycles. The molecule has 0 amide bonds. The van der Waals surface area contributed by atoms with Gasteiger partial charge in [-0.25, -0.2) is 4.98 Å². The number of hydrogen-bond donors (Lipinski definition) is 1. The first-order valence-electron chi connectivity index (χ1n) is 10.1. The minimum atomic E-state index is 1.06. The van der Waals surface area contributed by atoms with Gasteiger partial charge in [0.05, 0.1) is 5.52 Å². The standard InChI is InChI=1S/C24H27N3/c1(2-4-9-19-17-21-10-6-7-13-23(21)26-18-19)3-5-12-22-15-14-20-11-8-16-25-24(20)27-22/h4,6-7,9-10,13-15,17-18H,1-3,5,8,11-12,16H2,(H,25,27)/b9-4+. The monoisotopic (exact) mass is 357 g/mol. The molecule has 0 saturated heterocycles. The lowest BCUT2D eigenvalue weighted by molar-refractivity contribution is 0.678. The third kappa shape index (κ3) is 4.73. The second-order valence-corrected chi connectivity index (χ2v) is 7.30. The summed E-state index contributed by atoms with van der Waals surface area (Å²) in [5.41, 5.74) is 4.83. The maximum Gasteiger partial charge on any atom is 0.129 e. The molecule has 0 unspecified atom stereocenters. The fourth-order valence-corrected chi connectivity index (χ4v) is 3.65. The molecule has 1 aliphatic heterocycles. The Labute approximate surface area is 161 Å². The van der Waals surface area contributed by atoms with Gasteiger partial charge in [0.1, 0.15) is 5.82 Å². The second-order valence-electron chi connectivity index (χ2n) is 7.30. The molecule has 27 heavy (non-hydrogen) atoms. The van der Waals surface area contributed by atoms with E-state index in [1.54, 1.807) is 0 Å². The minimum Gasteiger partial charge on any atom is -0.370 e. The summed E-state index contributed by atoms with van der Waals surface area (Å²) in [5.74, 6) is 1.12. The van der Waals surface area contributed by atoms with Crippen molar-refractivity contribution in [2.45, 2.75) is 44.9 Å². The Kier molecular flexibility index (Phi) is 5.78. The number of hydrogen-bond acceptors (Lipinski definition) is 3. The van der Waals surface area contributed by atoms with Crippen LogP contribution in [-0.2, 0) is 12.8 Å². The zero-order valence-corrected chi connectivity index (χ0v) is 15.8. The number of anilines is 1. The van der Waals surface area contributed by atoms with Crippen LogP contribution in [0.1, 0.15) is 48.9 Å². The van der Waals surface area contributed by atoms with Crippen molar-refractivity contribution >= 4 is 22.8 Å². The summed E-state index contributed by atoms with van der Waals surface area (Å²) >= 11 is 0. The van der Waals surface area contributed by atoms with Crippen LogP contribution in [0.3, 0.4) is 0 Å². The molecule has 3 heteroatoms. The zero-order chi connectivity index (χ0) is 18.3. The maximum absolute atomic E-state index is 4.78. The van der Waals surface area contributed by atoms with Gasteiger partial charge < -0.3 is 5.32 Å². The van der Waals surface area contributed by atoms with Gasteiger partial charge in [0.2, 0.25) is 0 Å². The van der Waals surface area contributed by atoms with E-state index in [2.05, 4.69) is 58.9 Å². The highest BCUT2D eigenvalue weighted by Crippen LogP contribution is 2.20. The van der Waals surface area contributed by atoms with Gasteiger partial charge in [-0.2, -0.15) is 0 Å². The Hall–Kier alpha value is -2.68. The van der Waals surface area contributed by atoms with Crippen LogP contribution in [0.4, 0.5) is 5.82 Å². The Morgan fingerprint density at radius 3 is 3.00 bits per heavy atom. The smallest absolute Gasteiger partial charge is 0.129 e. The normalized spacial score (nSPS) is 13.6. The molecular formula is C24H27N3. The summed E-state index contributed by atoms with van der Waals surface area (Å²) < 4.78 is 0. The summed E-state index contributed by atoms with van der Waals surface area (Å²) in [6.45, 7) is 1.06. The van der Waals surface area contributed by atoms with E-state index in [4.69, 9.17) is 4.98 Å². The van der Waals surface area contributed by atoms with Gasteiger partial charge in [-0.1, -0.05) is 42.8 Å². The van der Waals surface area contributed by atoms with Gasteiger partial charge in [-0.05, 0) is 67.9 Å². The van der Waals surface area contributed by atoms with Crippen molar-refractivity contribution in [3.05, 3.63) is 71.6 Å². The van der Waals surface area contributed by atoms with Gasteiger partial charge in [-0.15, -0.1) is 0 Å². The predicted molar refractivity (Wildman–Crippen MR) is 114 cm³/mol. The average molecular weight is 358 g/mol. The number of unbranched alkanes of at least 4 members (excludes halogenated alkanes) is 3. The summed E-state index contributed by atoms with van der Waals surface area (Å²) in [7, 11) is 0. The minimum absolute atomic E-state index is 1.06. The molecule has 0 fully saturated rings. The number of para-hydroxylation sites is 1. The Morgan fingerprint density at radius 2 is 2.00 bits per heavy atom. The van der Waals surface area contributed by atoms with Crippen LogP contribution in [0.15, 0.2) is 54.7 Å². The maximum atomic E-state index is 4.78. The molecule has 0 spiro atoms. The zero-order valence-electron chi connectivity index (χ0n) is 15.8. The number of benzene rings is 1. The number of nitrogens with one attached hydrogen (secondary N) is 1. The van der Waals surface area contributed by atoms with Crippen LogP contribution < -0.4 is 5.32 Å². The fraction of sp³-hybridized carbons (Fsp3) is 0.333. The third-order valence-electron chi connectivity index (χ3n) is 5.18. The molecule has 0 saturated carbocycles. The molecule has 1 aliphatic rings. The Morgan fingerprint density at radius 1 is 1.04 bits per heavy atom. The van der Waals surface area contributed by atoms with Crippen molar-refractivity contribution in [2.75, 3.05) is 11.9 Å². The van der Waals surface area contributed by atoms with Gasteiger partial charge in [0.25, 0.3) is 0 Å². The molecular weight excluding hydrogens is 330 g/mol. The quantitative estimate of drug-likeness (QED) is 0.543. The van der Waals surface area contributed by atoms with Gasteiger partial charge in [0.15, 0.2) is 0 Å². The van der Waals surface area contributed by atoms with Crippen molar-refractivity contribution in [3.8, 4) is 0 Å². The number of nitrogens with zero attached hydrogens (tertiary/aromatic N) is 2. The van der Waals surface area contributed by atoms with Crippen molar-refractivity contribution in [2.24, 2.45) is 0 Å². The van der Waals surface area contributed by atoms with Crippen LogP contribution in [0.25, 0.3) is 17.0 Å². The molecule has 0 atom stereocenters. The molecule has 1 N–H and O–H groups in total. The SMILES string of the molecule is C(=C\c1cnc2ccccc2c1)/CCCCCc1ccc2c(n1)NCCC2. The lowest BCUT2D eigenvalue weighted by Crippen LogP contribution is -2.13. The topological polar surface area (TPSA) is 37.8 Å². The molecule has 4 rings (SSSR count).